The van der Waals surface area contributed by atoms with E-state index >= 15 is 0 Å². The molecule has 9 heteroatoms. The van der Waals surface area contributed by atoms with Crippen LogP contribution in [-0.4, -0.2) is 23.4 Å². The largest absolute Gasteiger partial charge is 0.417 e. The number of nitrogens with zero attached hydrogens (tertiary/aromatic N) is 2. The number of halogens is 4. The third kappa shape index (κ3) is 5.52. The molecule has 2 aliphatic rings. The summed E-state index contributed by atoms with van der Waals surface area (Å²) in [6, 6.07) is 2.24. The predicted molar refractivity (Wildman–Crippen MR) is 150 cm³/mol. The van der Waals surface area contributed by atoms with Gasteiger partial charge >= 0.3 is 6.18 Å². The first-order chi connectivity index (χ1) is 17.0. The smallest absolute Gasteiger partial charge is 0.410 e. The summed E-state index contributed by atoms with van der Waals surface area (Å²) in [4.78, 5) is 9.17. The van der Waals surface area contributed by atoms with Gasteiger partial charge in [-0.25, -0.2) is 0 Å². The molecule has 0 aromatic carbocycles. The lowest BCUT2D eigenvalue weighted by Crippen LogP contribution is -2.46. The summed E-state index contributed by atoms with van der Waals surface area (Å²) in [5, 5.41) is 11.5. The Balaban J connectivity index is 1.84. The number of aliphatic hydroxyl groups excluding tert-OH is 1. The van der Waals surface area contributed by atoms with Gasteiger partial charge in [0.1, 0.15) is 6.10 Å². The molecule has 0 radical (unpaired) electrons. The normalized spacial score (nSPS) is 20.6. The van der Waals surface area contributed by atoms with Gasteiger partial charge in [0, 0.05) is 26.6 Å². The van der Waals surface area contributed by atoms with Crippen LogP contribution in [0.4, 0.5) is 13.2 Å². The lowest BCUT2D eigenvalue weighted by molar-refractivity contribution is -0.137. The summed E-state index contributed by atoms with van der Waals surface area (Å²) in [5.41, 5.74) is 3.09. The second-order valence-corrected chi connectivity index (χ2v) is 18.5. The second-order valence-electron chi connectivity index (χ2n) is 12.7. The van der Waals surface area contributed by atoms with Crippen molar-refractivity contribution in [2.45, 2.75) is 109 Å². The van der Waals surface area contributed by atoms with Gasteiger partial charge in [0.2, 0.25) is 0 Å². The molecule has 2 heterocycles. The van der Waals surface area contributed by atoms with Crippen LogP contribution in [0.5, 0.6) is 0 Å². The van der Waals surface area contributed by atoms with Gasteiger partial charge in [0.25, 0.3) is 0 Å². The predicted octanol–water partition coefficient (Wildman–Crippen LogP) is 8.48. The first kappa shape index (κ1) is 29.0. The van der Waals surface area contributed by atoms with Crippen molar-refractivity contribution < 1.29 is 22.7 Å². The molecule has 2 aromatic rings. The molecule has 4 rings (SSSR count). The molecule has 1 spiro atoms. The van der Waals surface area contributed by atoms with Crippen molar-refractivity contribution in [3.63, 3.8) is 0 Å². The molecule has 2 atom stereocenters. The van der Waals surface area contributed by atoms with Crippen LogP contribution in [0.1, 0.15) is 112 Å². The third-order valence-corrected chi connectivity index (χ3v) is 14.3. The molecule has 0 aliphatic heterocycles. The minimum absolute atomic E-state index is 0.0249. The minimum atomic E-state index is -4.48. The molecule has 1 unspecified atom stereocenters. The molecule has 204 valence electrons. The quantitative estimate of drug-likeness (QED) is 0.262. The Bertz CT molecular complexity index is 1160. The van der Waals surface area contributed by atoms with Gasteiger partial charge in [-0.05, 0) is 89.9 Å². The Morgan fingerprint density at radius 3 is 2.27 bits per heavy atom. The van der Waals surface area contributed by atoms with Gasteiger partial charge in [-0.1, -0.05) is 41.0 Å². The standard InChI is InChI=1S/C28H38F3IN2O2Si/c1-16(2)24-22(25(35)18-10-9-17(15-33-18)28(29,30)31)23(32)21-19(34-24)13-27(11-8-12-27)14-20(21)36-37(6,7)26(3,4)5/h9-10,15-16,20,25,35H,8,11-14H2,1-7H3/t20-,25?/m0/s1. The van der Waals surface area contributed by atoms with Gasteiger partial charge < -0.3 is 9.53 Å². The summed E-state index contributed by atoms with van der Waals surface area (Å²) < 4.78 is 47.3. The zero-order valence-electron chi connectivity index (χ0n) is 22.8. The van der Waals surface area contributed by atoms with Crippen LogP contribution >= 0.6 is 22.6 Å². The molecule has 0 saturated heterocycles. The van der Waals surface area contributed by atoms with E-state index in [-0.39, 0.29) is 28.2 Å². The molecule has 0 amide bonds. The number of hydrogen-bond acceptors (Lipinski definition) is 4. The van der Waals surface area contributed by atoms with Crippen molar-refractivity contribution in [2.75, 3.05) is 0 Å². The zero-order valence-corrected chi connectivity index (χ0v) is 25.9. The summed E-state index contributed by atoms with van der Waals surface area (Å²) in [6.07, 6.45) is 0.451. The molecule has 0 bridgehead atoms. The average molecular weight is 647 g/mol. The van der Waals surface area contributed by atoms with Crippen LogP contribution in [0.25, 0.3) is 0 Å². The van der Waals surface area contributed by atoms with E-state index in [1.807, 2.05) is 13.8 Å². The van der Waals surface area contributed by atoms with Crippen molar-refractivity contribution in [3.05, 3.63) is 55.7 Å². The molecule has 4 nitrogen and oxygen atoms in total. The number of rotatable bonds is 5. The first-order valence-corrected chi connectivity index (χ1v) is 17.1. The molecular weight excluding hydrogens is 608 g/mol. The summed E-state index contributed by atoms with van der Waals surface area (Å²) in [6.45, 7) is 15.3. The summed E-state index contributed by atoms with van der Waals surface area (Å²) in [5.74, 6) is 0.0249. The monoisotopic (exact) mass is 646 g/mol. The maximum absolute atomic E-state index is 13.1. The van der Waals surface area contributed by atoms with Crippen molar-refractivity contribution in [1.82, 2.24) is 9.97 Å². The van der Waals surface area contributed by atoms with Crippen LogP contribution in [0.15, 0.2) is 18.3 Å². The van der Waals surface area contributed by atoms with Crippen molar-refractivity contribution in [1.29, 1.82) is 0 Å². The Kier molecular flexibility index (Phi) is 7.71. The van der Waals surface area contributed by atoms with Crippen molar-refractivity contribution in [2.24, 2.45) is 5.41 Å². The van der Waals surface area contributed by atoms with Crippen LogP contribution in [0, 0.1) is 8.99 Å². The highest BCUT2D eigenvalue weighted by molar-refractivity contribution is 14.1. The lowest BCUT2D eigenvalue weighted by Gasteiger charge is -2.50. The molecule has 37 heavy (non-hydrogen) atoms. The molecule has 1 fully saturated rings. The Hall–Kier alpha value is -1.04. The van der Waals surface area contributed by atoms with E-state index < -0.39 is 26.2 Å². The highest BCUT2D eigenvalue weighted by Crippen LogP contribution is 2.57. The minimum Gasteiger partial charge on any atom is -0.410 e. The van der Waals surface area contributed by atoms with Crippen molar-refractivity contribution >= 4 is 30.9 Å². The van der Waals surface area contributed by atoms with E-state index in [9.17, 15) is 18.3 Å². The average Bonchev–Trinajstić information content (AvgIpc) is 2.75. The van der Waals surface area contributed by atoms with Gasteiger partial charge in [0.05, 0.1) is 23.1 Å². The Morgan fingerprint density at radius 1 is 1.16 bits per heavy atom. The number of fused-ring (bicyclic) bond motifs is 1. The molecular formula is C28H38F3IN2O2Si. The molecule has 2 aliphatic carbocycles. The van der Waals surface area contributed by atoms with E-state index in [1.54, 1.807) is 0 Å². The summed E-state index contributed by atoms with van der Waals surface area (Å²) >= 11 is 2.30. The highest BCUT2D eigenvalue weighted by atomic mass is 127. The SMILES string of the molecule is CC(C)c1nc2c(c(I)c1C(O)c1ccc(C(F)(F)F)cn1)[C@@H](O[Si](C)(C)C(C)(C)C)CC1(CCC1)C2. The van der Waals surface area contributed by atoms with Crippen molar-refractivity contribution in [3.8, 4) is 0 Å². The van der Waals surface area contributed by atoms with E-state index in [2.05, 4.69) is 61.4 Å². The fourth-order valence-corrected chi connectivity index (χ4v) is 7.80. The van der Waals surface area contributed by atoms with Crippen LogP contribution in [0.2, 0.25) is 18.1 Å². The number of pyridine rings is 2. The molecule has 1 saturated carbocycles. The molecule has 2 aromatic heterocycles. The fourth-order valence-electron chi connectivity index (χ4n) is 5.31. The number of alkyl halides is 3. The van der Waals surface area contributed by atoms with E-state index in [4.69, 9.17) is 9.41 Å². The highest BCUT2D eigenvalue weighted by Gasteiger charge is 2.49. The first-order valence-electron chi connectivity index (χ1n) is 13.1. The van der Waals surface area contributed by atoms with E-state index in [0.717, 1.165) is 45.6 Å². The Labute approximate surface area is 233 Å². The van der Waals surface area contributed by atoms with Gasteiger partial charge in [0.15, 0.2) is 8.32 Å². The van der Waals surface area contributed by atoms with E-state index in [0.29, 0.717) is 5.56 Å². The van der Waals surface area contributed by atoms with Crippen LogP contribution in [0.3, 0.4) is 0 Å². The number of hydrogen-bond donors (Lipinski definition) is 1. The maximum atomic E-state index is 13.1. The molecule has 1 N–H and O–H groups in total. The number of aromatic nitrogens is 2. The number of aliphatic hydroxyl groups is 1. The van der Waals surface area contributed by atoms with Gasteiger partial charge in [-0.2, -0.15) is 13.2 Å². The third-order valence-electron chi connectivity index (χ3n) is 8.67. The lowest BCUT2D eigenvalue weighted by atomic mass is 9.59. The Morgan fingerprint density at radius 2 is 1.81 bits per heavy atom. The van der Waals surface area contributed by atoms with Crippen LogP contribution in [-0.2, 0) is 17.0 Å². The van der Waals surface area contributed by atoms with Gasteiger partial charge in [-0.3, -0.25) is 9.97 Å². The fraction of sp³-hybridized carbons (Fsp3) is 0.643. The summed E-state index contributed by atoms with van der Waals surface area (Å²) in [7, 11) is -2.12. The zero-order chi connectivity index (χ0) is 27.6. The van der Waals surface area contributed by atoms with Crippen LogP contribution < -0.4 is 0 Å². The van der Waals surface area contributed by atoms with E-state index in [1.165, 1.54) is 25.3 Å². The van der Waals surface area contributed by atoms with Gasteiger partial charge in [-0.15, -0.1) is 0 Å². The second kappa shape index (κ2) is 9.85. The topological polar surface area (TPSA) is 55.2 Å². The maximum Gasteiger partial charge on any atom is 0.417 e.